The molecule has 2 N–H and O–H groups in total. The molecular formula is C22H31N2O4+. The van der Waals surface area contributed by atoms with E-state index in [0.29, 0.717) is 30.3 Å². The number of carbonyl (C=O) groups is 1. The molecule has 0 aromatic heterocycles. The second-order valence-electron chi connectivity index (χ2n) is 7.05. The summed E-state index contributed by atoms with van der Waals surface area (Å²) in [6.07, 6.45) is 0. The average molecular weight is 388 g/mol. The minimum absolute atomic E-state index is 0.00369. The van der Waals surface area contributed by atoms with E-state index >= 15 is 0 Å². The highest BCUT2D eigenvalue weighted by atomic mass is 16.5. The van der Waals surface area contributed by atoms with Crippen LogP contribution in [0.1, 0.15) is 22.3 Å². The Hall–Kier alpha value is -2.73. The molecule has 2 aromatic carbocycles. The van der Waals surface area contributed by atoms with Gasteiger partial charge in [0.25, 0.3) is 5.91 Å². The van der Waals surface area contributed by atoms with Gasteiger partial charge in [0.15, 0.2) is 18.0 Å². The third-order valence-electron chi connectivity index (χ3n) is 4.67. The first-order valence-electron chi connectivity index (χ1n) is 9.31. The predicted octanol–water partition coefficient (Wildman–Crippen LogP) is 1.66. The molecule has 28 heavy (non-hydrogen) atoms. The average Bonchev–Trinajstić information content (AvgIpc) is 2.67. The van der Waals surface area contributed by atoms with Gasteiger partial charge in [0.05, 0.1) is 28.4 Å². The summed E-state index contributed by atoms with van der Waals surface area (Å²) in [6.45, 7) is 5.80. The maximum absolute atomic E-state index is 12.4. The number of amides is 1. The van der Waals surface area contributed by atoms with E-state index in [1.165, 1.54) is 16.7 Å². The van der Waals surface area contributed by atoms with Crippen LogP contribution in [0.2, 0.25) is 0 Å². The van der Waals surface area contributed by atoms with Gasteiger partial charge in [-0.3, -0.25) is 4.79 Å². The summed E-state index contributed by atoms with van der Waals surface area (Å²) >= 11 is 0. The molecule has 0 aliphatic carbocycles. The van der Waals surface area contributed by atoms with Crippen LogP contribution in [0.25, 0.3) is 0 Å². The van der Waals surface area contributed by atoms with Crippen molar-refractivity contribution < 1.29 is 23.9 Å². The monoisotopic (exact) mass is 387 g/mol. The van der Waals surface area contributed by atoms with Crippen LogP contribution >= 0.6 is 0 Å². The van der Waals surface area contributed by atoms with Crippen molar-refractivity contribution >= 4 is 5.91 Å². The largest absolute Gasteiger partial charge is 0.493 e. The number of hydrogen-bond acceptors (Lipinski definition) is 4. The molecule has 0 saturated heterocycles. The first-order valence-corrected chi connectivity index (χ1v) is 9.31. The van der Waals surface area contributed by atoms with Crippen LogP contribution in [-0.4, -0.2) is 40.8 Å². The van der Waals surface area contributed by atoms with Crippen LogP contribution in [0.15, 0.2) is 30.3 Å². The van der Waals surface area contributed by atoms with Crippen molar-refractivity contribution in [2.45, 2.75) is 26.9 Å². The molecule has 6 heteroatoms. The predicted molar refractivity (Wildman–Crippen MR) is 109 cm³/mol. The second kappa shape index (κ2) is 9.99. The van der Waals surface area contributed by atoms with Gasteiger partial charge in [-0.05, 0) is 37.1 Å². The molecule has 6 nitrogen and oxygen atoms in total. The number of quaternary nitrogens is 1. The van der Waals surface area contributed by atoms with Crippen molar-refractivity contribution in [3.05, 3.63) is 52.6 Å². The molecule has 0 saturated carbocycles. The molecule has 2 rings (SSSR count). The molecule has 0 aliphatic rings. The van der Waals surface area contributed by atoms with E-state index in [0.717, 1.165) is 17.0 Å². The Bertz CT molecular complexity index is 795. The van der Waals surface area contributed by atoms with Gasteiger partial charge >= 0.3 is 0 Å². The van der Waals surface area contributed by atoms with Crippen LogP contribution in [0.5, 0.6) is 17.2 Å². The zero-order chi connectivity index (χ0) is 20.7. The van der Waals surface area contributed by atoms with Crippen molar-refractivity contribution in [2.24, 2.45) is 0 Å². The lowest BCUT2D eigenvalue weighted by Gasteiger charge is -2.16. The Morgan fingerprint density at radius 2 is 1.64 bits per heavy atom. The van der Waals surface area contributed by atoms with E-state index in [1.807, 2.05) is 19.2 Å². The zero-order valence-corrected chi connectivity index (χ0v) is 17.6. The van der Waals surface area contributed by atoms with Gasteiger partial charge in [0.2, 0.25) is 5.75 Å². The van der Waals surface area contributed by atoms with E-state index in [2.05, 4.69) is 37.4 Å². The lowest BCUT2D eigenvalue weighted by atomic mass is 10.1. The molecule has 0 spiro atoms. The fraction of sp³-hybridized carbons (Fsp3) is 0.409. The molecule has 0 fully saturated rings. The Morgan fingerprint density at radius 1 is 1.00 bits per heavy atom. The summed E-state index contributed by atoms with van der Waals surface area (Å²) in [4.78, 5) is 13.5. The van der Waals surface area contributed by atoms with Gasteiger partial charge in [0, 0.05) is 12.1 Å². The van der Waals surface area contributed by atoms with E-state index in [-0.39, 0.29) is 5.91 Å². The highest BCUT2D eigenvalue weighted by molar-refractivity contribution is 5.76. The molecule has 1 atom stereocenters. The van der Waals surface area contributed by atoms with Crippen molar-refractivity contribution in [3.8, 4) is 17.2 Å². The quantitative estimate of drug-likeness (QED) is 0.687. The second-order valence-corrected chi connectivity index (χ2v) is 7.05. The summed E-state index contributed by atoms with van der Waals surface area (Å²) in [7, 11) is 6.74. The summed E-state index contributed by atoms with van der Waals surface area (Å²) in [5, 5.41) is 2.97. The van der Waals surface area contributed by atoms with Gasteiger partial charge in [-0.2, -0.15) is 0 Å². The van der Waals surface area contributed by atoms with Crippen molar-refractivity contribution in [1.82, 2.24) is 5.32 Å². The summed E-state index contributed by atoms with van der Waals surface area (Å²) in [6, 6.07) is 10.1. The molecule has 152 valence electrons. The molecule has 0 heterocycles. The van der Waals surface area contributed by atoms with Crippen LogP contribution in [0, 0.1) is 13.8 Å². The van der Waals surface area contributed by atoms with E-state index in [1.54, 1.807) is 21.3 Å². The number of benzene rings is 2. The lowest BCUT2D eigenvalue weighted by Crippen LogP contribution is -3.08. The molecule has 0 bridgehead atoms. The van der Waals surface area contributed by atoms with Gasteiger partial charge in [-0.25, -0.2) is 0 Å². The van der Waals surface area contributed by atoms with E-state index < -0.39 is 0 Å². The first-order chi connectivity index (χ1) is 13.4. The number of hydrogen-bond donors (Lipinski definition) is 2. The number of likely N-dealkylation sites (N-methyl/N-ethyl adjacent to an activating group) is 1. The third kappa shape index (κ3) is 5.63. The maximum Gasteiger partial charge on any atom is 0.275 e. The van der Waals surface area contributed by atoms with Crippen molar-refractivity contribution in [2.75, 3.05) is 34.9 Å². The van der Waals surface area contributed by atoms with Gasteiger partial charge in [-0.15, -0.1) is 0 Å². The molecular weight excluding hydrogens is 356 g/mol. The summed E-state index contributed by atoms with van der Waals surface area (Å²) < 4.78 is 16.0. The highest BCUT2D eigenvalue weighted by Crippen LogP contribution is 2.38. The lowest BCUT2D eigenvalue weighted by molar-refractivity contribution is -0.885. The minimum atomic E-state index is -0.00369. The SMILES string of the molecule is COc1cc(CNC(=O)C[NH+](C)Cc2ccc(C)cc2C)cc(OC)c1OC. The Kier molecular flexibility index (Phi) is 7.70. The van der Waals surface area contributed by atoms with Crippen molar-refractivity contribution in [1.29, 1.82) is 0 Å². The third-order valence-corrected chi connectivity index (χ3v) is 4.67. The fourth-order valence-corrected chi connectivity index (χ4v) is 3.21. The summed E-state index contributed by atoms with van der Waals surface area (Å²) in [5.41, 5.74) is 4.66. The van der Waals surface area contributed by atoms with Crippen LogP contribution < -0.4 is 24.4 Å². The van der Waals surface area contributed by atoms with E-state index in [4.69, 9.17) is 14.2 Å². The van der Waals surface area contributed by atoms with Gasteiger partial charge in [-0.1, -0.05) is 23.8 Å². The number of ether oxygens (including phenoxy) is 3. The normalized spacial score (nSPS) is 11.6. The number of carbonyl (C=O) groups excluding carboxylic acids is 1. The van der Waals surface area contributed by atoms with Gasteiger partial charge < -0.3 is 24.4 Å². The number of aryl methyl sites for hydroxylation is 2. The maximum atomic E-state index is 12.4. The van der Waals surface area contributed by atoms with Crippen LogP contribution in [-0.2, 0) is 17.9 Å². The Balaban J connectivity index is 1.94. The molecule has 2 aromatic rings. The fourth-order valence-electron chi connectivity index (χ4n) is 3.21. The minimum Gasteiger partial charge on any atom is -0.493 e. The van der Waals surface area contributed by atoms with Gasteiger partial charge in [0.1, 0.15) is 6.54 Å². The van der Waals surface area contributed by atoms with Crippen LogP contribution in [0.4, 0.5) is 0 Å². The zero-order valence-electron chi connectivity index (χ0n) is 17.6. The topological polar surface area (TPSA) is 61.2 Å². The Morgan fingerprint density at radius 3 is 2.18 bits per heavy atom. The Labute approximate surface area is 167 Å². The number of rotatable bonds is 9. The molecule has 1 unspecified atom stereocenters. The molecule has 0 aliphatic heterocycles. The van der Waals surface area contributed by atoms with E-state index in [9.17, 15) is 4.79 Å². The number of methoxy groups -OCH3 is 3. The summed E-state index contributed by atoms with van der Waals surface area (Å²) in [5.74, 6) is 1.68. The molecule has 0 radical (unpaired) electrons. The standard InChI is InChI=1S/C22H30N2O4/c1-15-7-8-18(16(2)9-15)13-24(3)14-21(25)23-12-17-10-19(26-4)22(28-6)20(11-17)27-5/h7-11H,12-14H2,1-6H3,(H,23,25)/p+1. The first kappa shape index (κ1) is 21.6. The molecule has 1 amide bonds. The van der Waals surface area contributed by atoms with Crippen molar-refractivity contribution in [3.63, 3.8) is 0 Å². The smallest absolute Gasteiger partial charge is 0.275 e. The highest BCUT2D eigenvalue weighted by Gasteiger charge is 2.15. The number of nitrogens with one attached hydrogen (secondary N) is 2. The van der Waals surface area contributed by atoms with Crippen LogP contribution in [0.3, 0.4) is 0 Å².